The van der Waals surface area contributed by atoms with Crippen LogP contribution in [0.3, 0.4) is 0 Å². The van der Waals surface area contributed by atoms with Gasteiger partial charge >= 0.3 is 0 Å². The maximum Gasteiger partial charge on any atom is 0.157 e. The molecule has 0 spiro atoms. The zero-order valence-corrected chi connectivity index (χ0v) is 17.5. The van der Waals surface area contributed by atoms with Gasteiger partial charge < -0.3 is 9.47 Å². The molecular weight excluding hydrogens is 356 g/mol. The van der Waals surface area contributed by atoms with E-state index in [9.17, 15) is 0 Å². The topological polar surface area (TPSA) is 34.0 Å². The molecule has 0 saturated carbocycles. The Morgan fingerprint density at radius 2 is 1.96 bits per heavy atom. The molecule has 2 aromatic heterocycles. The first-order chi connectivity index (χ1) is 12.9. The van der Waals surface area contributed by atoms with Crippen LogP contribution in [0.2, 0.25) is 5.02 Å². The van der Waals surface area contributed by atoms with Gasteiger partial charge in [-0.15, -0.1) is 0 Å². The van der Waals surface area contributed by atoms with Crippen LogP contribution < -0.4 is 4.90 Å². The average molecular weight is 383 g/mol. The zero-order valence-electron chi connectivity index (χ0n) is 16.8. The maximum absolute atomic E-state index is 6.18. The van der Waals surface area contributed by atoms with E-state index in [4.69, 9.17) is 21.6 Å². The summed E-state index contributed by atoms with van der Waals surface area (Å²) in [5.41, 5.74) is 5.75. The number of hydrogen-bond donors (Lipinski definition) is 0. The fourth-order valence-electron chi connectivity index (χ4n) is 4.23. The lowest BCUT2D eigenvalue weighted by Gasteiger charge is -2.38. The Labute approximate surface area is 166 Å². The number of benzene rings is 1. The van der Waals surface area contributed by atoms with Crippen molar-refractivity contribution in [2.75, 3.05) is 11.4 Å². The summed E-state index contributed by atoms with van der Waals surface area (Å²) in [6.07, 6.45) is 3.36. The first-order valence-corrected chi connectivity index (χ1v) is 10.2. The number of hydrogen-bond acceptors (Lipinski definition) is 3. The molecule has 0 amide bonds. The van der Waals surface area contributed by atoms with Crippen molar-refractivity contribution in [3.63, 3.8) is 0 Å². The molecule has 1 unspecified atom stereocenters. The molecule has 1 atom stereocenters. The monoisotopic (exact) mass is 382 g/mol. The summed E-state index contributed by atoms with van der Waals surface area (Å²) < 4.78 is 2.36. The summed E-state index contributed by atoms with van der Waals surface area (Å²) in [6.45, 7) is 12.9. The van der Waals surface area contributed by atoms with Crippen LogP contribution in [-0.4, -0.2) is 27.1 Å². The lowest BCUT2D eigenvalue weighted by molar-refractivity contribution is 0.454. The highest BCUT2D eigenvalue weighted by Crippen LogP contribution is 2.39. The van der Waals surface area contributed by atoms with Crippen molar-refractivity contribution in [3.8, 4) is 11.1 Å². The summed E-state index contributed by atoms with van der Waals surface area (Å²) in [5, 5.41) is 0.768. The predicted octanol–water partition coefficient (Wildman–Crippen LogP) is 5.62. The van der Waals surface area contributed by atoms with E-state index >= 15 is 0 Å². The molecule has 0 bridgehead atoms. The van der Waals surface area contributed by atoms with Gasteiger partial charge in [0, 0.05) is 35.9 Å². The van der Waals surface area contributed by atoms with Crippen molar-refractivity contribution in [1.82, 2.24) is 14.5 Å². The minimum Gasteiger partial charge on any atom is -0.350 e. The van der Waals surface area contributed by atoms with Gasteiger partial charge in [0.1, 0.15) is 16.9 Å². The maximum atomic E-state index is 6.18. The molecule has 0 N–H and O–H groups in total. The van der Waals surface area contributed by atoms with Crippen LogP contribution >= 0.6 is 11.6 Å². The summed E-state index contributed by atoms with van der Waals surface area (Å²) in [6, 6.07) is 6.55. The lowest BCUT2D eigenvalue weighted by Crippen LogP contribution is -2.43. The second-order valence-corrected chi connectivity index (χ2v) is 8.49. The fraction of sp³-hybridized carbons (Fsp3) is 0.455. The van der Waals surface area contributed by atoms with Crippen molar-refractivity contribution < 1.29 is 0 Å². The Bertz CT molecular complexity index is 1010. The Morgan fingerprint density at radius 3 is 2.63 bits per heavy atom. The molecule has 142 valence electrons. The van der Waals surface area contributed by atoms with Crippen LogP contribution in [0.25, 0.3) is 22.2 Å². The van der Waals surface area contributed by atoms with Gasteiger partial charge in [-0.2, -0.15) is 0 Å². The van der Waals surface area contributed by atoms with Crippen LogP contribution in [0, 0.1) is 19.8 Å². The van der Waals surface area contributed by atoms with Crippen LogP contribution in [0.4, 0.5) is 5.82 Å². The Balaban J connectivity index is 1.97. The highest BCUT2D eigenvalue weighted by Gasteiger charge is 2.31. The quantitative estimate of drug-likeness (QED) is 0.587. The molecule has 3 aromatic rings. The highest BCUT2D eigenvalue weighted by molar-refractivity contribution is 6.30. The van der Waals surface area contributed by atoms with Crippen molar-refractivity contribution in [2.24, 2.45) is 5.92 Å². The first-order valence-electron chi connectivity index (χ1n) is 9.79. The molecule has 4 rings (SSSR count). The molecule has 5 heteroatoms. The number of aryl methyl sites for hydroxylation is 2. The molecule has 0 fully saturated rings. The van der Waals surface area contributed by atoms with Gasteiger partial charge in [0.15, 0.2) is 5.82 Å². The highest BCUT2D eigenvalue weighted by atomic mass is 35.5. The van der Waals surface area contributed by atoms with E-state index in [1.165, 1.54) is 16.7 Å². The number of halogens is 1. The van der Waals surface area contributed by atoms with Gasteiger partial charge in [0.25, 0.3) is 0 Å². The third-order valence-electron chi connectivity index (χ3n) is 5.44. The van der Waals surface area contributed by atoms with Gasteiger partial charge in [-0.1, -0.05) is 38.4 Å². The normalized spacial score (nSPS) is 16.6. The lowest BCUT2D eigenvalue weighted by atomic mass is 10.0. The van der Waals surface area contributed by atoms with Gasteiger partial charge in [-0.25, -0.2) is 9.97 Å². The molecular formula is C22H27ClN4. The van der Waals surface area contributed by atoms with E-state index in [1.807, 2.05) is 19.1 Å². The standard InChI is InChI=1S/C22H27ClN4/c1-6-17-11-26-12-19(18-8-7-16(23)9-14(18)4)20-21(26)22(25-15(5)24-20)27(17)10-13(2)3/h7-9,12-13,17H,6,10-11H2,1-5H3. The number of anilines is 1. The van der Waals surface area contributed by atoms with Gasteiger partial charge in [-0.3, -0.25) is 0 Å². The van der Waals surface area contributed by atoms with Crippen molar-refractivity contribution in [1.29, 1.82) is 0 Å². The molecule has 4 nitrogen and oxygen atoms in total. The predicted molar refractivity (Wildman–Crippen MR) is 114 cm³/mol. The third kappa shape index (κ3) is 3.10. The SMILES string of the molecule is CCC1Cn2cc(-c3ccc(Cl)cc3C)c3nc(C)nc(c32)N1CC(C)C. The summed E-state index contributed by atoms with van der Waals surface area (Å²) in [4.78, 5) is 12.2. The minimum absolute atomic E-state index is 0.462. The van der Waals surface area contributed by atoms with E-state index in [-0.39, 0.29) is 0 Å². The zero-order chi connectivity index (χ0) is 19.3. The van der Waals surface area contributed by atoms with E-state index in [0.29, 0.717) is 12.0 Å². The first kappa shape index (κ1) is 18.3. The third-order valence-corrected chi connectivity index (χ3v) is 5.67. The Kier molecular flexibility index (Phi) is 4.63. The molecule has 1 aliphatic rings. The number of aromatic nitrogens is 3. The van der Waals surface area contributed by atoms with E-state index in [2.05, 4.69) is 49.4 Å². The Morgan fingerprint density at radius 1 is 1.19 bits per heavy atom. The summed E-state index contributed by atoms with van der Waals surface area (Å²) in [7, 11) is 0. The van der Waals surface area contributed by atoms with Crippen LogP contribution in [0.1, 0.15) is 38.6 Å². The van der Waals surface area contributed by atoms with Crippen molar-refractivity contribution >= 4 is 28.5 Å². The average Bonchev–Trinajstić information content (AvgIpc) is 2.95. The van der Waals surface area contributed by atoms with Crippen molar-refractivity contribution in [3.05, 3.63) is 40.8 Å². The van der Waals surface area contributed by atoms with Gasteiger partial charge in [-0.05, 0) is 49.4 Å². The van der Waals surface area contributed by atoms with Crippen LogP contribution in [0.15, 0.2) is 24.4 Å². The van der Waals surface area contributed by atoms with E-state index in [1.54, 1.807) is 0 Å². The van der Waals surface area contributed by atoms with E-state index in [0.717, 1.165) is 47.2 Å². The van der Waals surface area contributed by atoms with Crippen LogP contribution in [0.5, 0.6) is 0 Å². The molecule has 27 heavy (non-hydrogen) atoms. The van der Waals surface area contributed by atoms with Crippen LogP contribution in [-0.2, 0) is 6.54 Å². The smallest absolute Gasteiger partial charge is 0.157 e. The summed E-state index contributed by atoms with van der Waals surface area (Å²) in [5.74, 6) is 2.50. The molecule has 1 aromatic carbocycles. The summed E-state index contributed by atoms with van der Waals surface area (Å²) >= 11 is 6.18. The molecule has 0 radical (unpaired) electrons. The van der Waals surface area contributed by atoms with Crippen molar-refractivity contribution in [2.45, 2.75) is 53.6 Å². The second kappa shape index (κ2) is 6.83. The van der Waals surface area contributed by atoms with Gasteiger partial charge in [0.05, 0.1) is 0 Å². The molecule has 0 aliphatic carbocycles. The van der Waals surface area contributed by atoms with E-state index < -0.39 is 0 Å². The molecule has 1 aliphatic heterocycles. The largest absolute Gasteiger partial charge is 0.350 e. The number of rotatable bonds is 4. The number of nitrogens with zero attached hydrogens (tertiary/aromatic N) is 4. The fourth-order valence-corrected chi connectivity index (χ4v) is 4.46. The molecule has 3 heterocycles. The minimum atomic E-state index is 0.462. The Hall–Kier alpha value is -2.07. The van der Waals surface area contributed by atoms with Gasteiger partial charge in [0.2, 0.25) is 0 Å². The second-order valence-electron chi connectivity index (χ2n) is 8.05. The molecule has 0 saturated heterocycles.